The van der Waals surface area contributed by atoms with E-state index in [1.54, 1.807) is 0 Å². The van der Waals surface area contributed by atoms with Gasteiger partial charge >= 0.3 is 0 Å². The van der Waals surface area contributed by atoms with Crippen molar-refractivity contribution < 1.29 is 0 Å². The Hall–Kier alpha value is -0.540. The molecular weight excluding hydrogens is 357 g/mol. The van der Waals surface area contributed by atoms with Crippen LogP contribution in [0.2, 0.25) is 10.0 Å². The Morgan fingerprint density at radius 1 is 1.05 bits per heavy atom. The highest BCUT2D eigenvalue weighted by Crippen LogP contribution is 2.27. The molecule has 1 nitrogen and oxygen atoms in total. The van der Waals surface area contributed by atoms with E-state index >= 15 is 0 Å². The zero-order chi connectivity index (χ0) is 14.5. The van der Waals surface area contributed by atoms with Gasteiger partial charge in [0.2, 0.25) is 0 Å². The second kappa shape index (κ2) is 7.46. The van der Waals surface area contributed by atoms with Gasteiger partial charge in [0, 0.05) is 16.9 Å². The lowest BCUT2D eigenvalue weighted by molar-refractivity contribution is 0.626. The van der Waals surface area contributed by atoms with E-state index < -0.39 is 0 Å². The second-order valence-corrected chi connectivity index (χ2v) is 6.49. The summed E-state index contributed by atoms with van der Waals surface area (Å²) in [6.45, 7) is 0.919. The number of rotatable bonds is 5. The van der Waals surface area contributed by atoms with Gasteiger partial charge in [-0.15, -0.1) is 0 Å². The molecule has 0 aliphatic heterocycles. The van der Waals surface area contributed by atoms with Crippen LogP contribution in [0.3, 0.4) is 0 Å². The molecule has 4 heteroatoms. The summed E-state index contributed by atoms with van der Waals surface area (Å²) in [5, 5.41) is 4.47. The average molecular weight is 373 g/mol. The van der Waals surface area contributed by atoms with Crippen molar-refractivity contribution in [3.8, 4) is 0 Å². The molecule has 1 unspecified atom stereocenters. The molecule has 0 amide bonds. The summed E-state index contributed by atoms with van der Waals surface area (Å²) in [7, 11) is 1.97. The van der Waals surface area contributed by atoms with E-state index in [4.69, 9.17) is 23.2 Å². The van der Waals surface area contributed by atoms with Crippen molar-refractivity contribution in [3.63, 3.8) is 0 Å². The maximum absolute atomic E-state index is 6.09. The van der Waals surface area contributed by atoms with E-state index in [-0.39, 0.29) is 0 Å². The van der Waals surface area contributed by atoms with Crippen LogP contribution in [-0.4, -0.2) is 13.6 Å². The number of halogens is 3. The average Bonchev–Trinajstić information content (AvgIpc) is 2.43. The Bertz CT molecular complexity index is 569. The SMILES string of the molecule is CNCC(Cc1ccc(Cl)c(Cl)c1)c1ccc(Br)cc1. The summed E-state index contributed by atoms with van der Waals surface area (Å²) in [6.07, 6.45) is 0.930. The first-order chi connectivity index (χ1) is 9.60. The number of nitrogens with one attached hydrogen (secondary N) is 1. The first kappa shape index (κ1) is 15.8. The molecule has 0 aromatic heterocycles. The van der Waals surface area contributed by atoms with E-state index in [1.807, 2.05) is 25.2 Å². The normalized spacial score (nSPS) is 12.4. The lowest BCUT2D eigenvalue weighted by atomic mass is 9.92. The number of benzene rings is 2. The fourth-order valence-corrected chi connectivity index (χ4v) is 2.83. The van der Waals surface area contributed by atoms with Crippen molar-refractivity contribution in [1.82, 2.24) is 5.32 Å². The van der Waals surface area contributed by atoms with Crippen LogP contribution in [0.5, 0.6) is 0 Å². The van der Waals surface area contributed by atoms with Gasteiger partial charge in [0.25, 0.3) is 0 Å². The molecule has 0 fully saturated rings. The van der Waals surface area contributed by atoms with Gasteiger partial charge in [-0.3, -0.25) is 0 Å². The van der Waals surface area contributed by atoms with Crippen LogP contribution in [-0.2, 0) is 6.42 Å². The lowest BCUT2D eigenvalue weighted by Gasteiger charge is -2.17. The maximum Gasteiger partial charge on any atom is 0.0595 e. The molecule has 1 N–H and O–H groups in total. The fraction of sp³-hybridized carbons (Fsp3) is 0.250. The highest BCUT2D eigenvalue weighted by molar-refractivity contribution is 9.10. The summed E-state index contributed by atoms with van der Waals surface area (Å²) in [6, 6.07) is 14.3. The minimum Gasteiger partial charge on any atom is -0.319 e. The van der Waals surface area contributed by atoms with Crippen LogP contribution in [0.1, 0.15) is 17.0 Å². The molecule has 106 valence electrons. The molecule has 1 atom stereocenters. The van der Waals surface area contributed by atoms with Crippen molar-refractivity contribution in [2.45, 2.75) is 12.3 Å². The predicted octanol–water partition coefficient (Wildman–Crippen LogP) is 5.30. The van der Waals surface area contributed by atoms with Crippen molar-refractivity contribution in [2.24, 2.45) is 0 Å². The Labute approximate surface area is 138 Å². The molecular formula is C16H16BrCl2N. The molecule has 0 bridgehead atoms. The molecule has 2 aromatic carbocycles. The van der Waals surface area contributed by atoms with E-state index in [1.165, 1.54) is 11.1 Å². The molecule has 0 saturated carbocycles. The van der Waals surface area contributed by atoms with Crippen molar-refractivity contribution in [3.05, 3.63) is 68.1 Å². The Kier molecular flexibility index (Phi) is 5.91. The third-order valence-electron chi connectivity index (χ3n) is 3.26. The third-order valence-corrected chi connectivity index (χ3v) is 4.53. The van der Waals surface area contributed by atoms with Crippen LogP contribution in [0, 0.1) is 0 Å². The number of hydrogen-bond acceptors (Lipinski definition) is 1. The van der Waals surface area contributed by atoms with Crippen LogP contribution in [0.25, 0.3) is 0 Å². The summed E-state index contributed by atoms with van der Waals surface area (Å²) < 4.78 is 1.10. The topological polar surface area (TPSA) is 12.0 Å². The molecule has 0 aliphatic rings. The van der Waals surface area contributed by atoms with Gasteiger partial charge < -0.3 is 5.32 Å². The third kappa shape index (κ3) is 4.23. The summed E-state index contributed by atoms with van der Waals surface area (Å²) in [5.41, 5.74) is 2.51. The van der Waals surface area contributed by atoms with Gasteiger partial charge in [0.15, 0.2) is 0 Å². The smallest absolute Gasteiger partial charge is 0.0595 e. The quantitative estimate of drug-likeness (QED) is 0.750. The Balaban J connectivity index is 2.20. The molecule has 0 saturated heterocycles. The van der Waals surface area contributed by atoms with Crippen molar-refractivity contribution >= 4 is 39.1 Å². The molecule has 0 spiro atoms. The number of likely N-dealkylation sites (N-methyl/N-ethyl adjacent to an activating group) is 1. The minimum absolute atomic E-state index is 0.408. The van der Waals surface area contributed by atoms with Gasteiger partial charge in [-0.05, 0) is 48.9 Å². The molecule has 0 heterocycles. The predicted molar refractivity (Wildman–Crippen MR) is 91.0 cm³/mol. The van der Waals surface area contributed by atoms with Gasteiger partial charge in [-0.2, -0.15) is 0 Å². The molecule has 0 aliphatic carbocycles. The van der Waals surface area contributed by atoms with E-state index in [0.717, 1.165) is 17.4 Å². The van der Waals surface area contributed by atoms with Crippen LogP contribution in [0.15, 0.2) is 46.9 Å². The summed E-state index contributed by atoms with van der Waals surface area (Å²) in [4.78, 5) is 0. The molecule has 2 aromatic rings. The van der Waals surface area contributed by atoms with Crippen LogP contribution < -0.4 is 5.32 Å². The van der Waals surface area contributed by atoms with Gasteiger partial charge in [0.1, 0.15) is 0 Å². The maximum atomic E-state index is 6.09. The van der Waals surface area contributed by atoms with Gasteiger partial charge in [-0.25, -0.2) is 0 Å². The van der Waals surface area contributed by atoms with Crippen molar-refractivity contribution in [1.29, 1.82) is 0 Å². The molecule has 0 radical (unpaired) electrons. The van der Waals surface area contributed by atoms with Crippen LogP contribution in [0.4, 0.5) is 0 Å². The first-order valence-electron chi connectivity index (χ1n) is 6.44. The zero-order valence-corrected chi connectivity index (χ0v) is 14.3. The Morgan fingerprint density at radius 2 is 1.75 bits per heavy atom. The standard InChI is InChI=1S/C16H16BrCl2N/c1-20-10-13(12-3-5-14(17)6-4-12)8-11-2-7-15(18)16(19)9-11/h2-7,9,13,20H,8,10H2,1H3. The summed E-state index contributed by atoms with van der Waals surface area (Å²) in [5.74, 6) is 0.408. The second-order valence-electron chi connectivity index (χ2n) is 4.76. The molecule has 20 heavy (non-hydrogen) atoms. The lowest BCUT2D eigenvalue weighted by Crippen LogP contribution is -2.19. The highest BCUT2D eigenvalue weighted by Gasteiger charge is 2.12. The largest absolute Gasteiger partial charge is 0.319 e. The van der Waals surface area contributed by atoms with E-state index in [2.05, 4.69) is 45.5 Å². The van der Waals surface area contributed by atoms with E-state index in [0.29, 0.717) is 16.0 Å². The molecule has 2 rings (SSSR count). The zero-order valence-electron chi connectivity index (χ0n) is 11.2. The van der Waals surface area contributed by atoms with Crippen LogP contribution >= 0.6 is 39.1 Å². The Morgan fingerprint density at radius 3 is 2.35 bits per heavy atom. The summed E-state index contributed by atoms with van der Waals surface area (Å²) >= 11 is 15.5. The van der Waals surface area contributed by atoms with Gasteiger partial charge in [-0.1, -0.05) is 57.3 Å². The highest BCUT2D eigenvalue weighted by atomic mass is 79.9. The number of hydrogen-bond donors (Lipinski definition) is 1. The van der Waals surface area contributed by atoms with Crippen molar-refractivity contribution in [2.75, 3.05) is 13.6 Å². The van der Waals surface area contributed by atoms with Gasteiger partial charge in [0.05, 0.1) is 10.0 Å². The monoisotopic (exact) mass is 371 g/mol. The minimum atomic E-state index is 0.408. The van der Waals surface area contributed by atoms with E-state index in [9.17, 15) is 0 Å². The fourth-order valence-electron chi connectivity index (χ4n) is 2.24. The first-order valence-corrected chi connectivity index (χ1v) is 7.99.